The summed E-state index contributed by atoms with van der Waals surface area (Å²) in [4.78, 5) is 2.24. The highest BCUT2D eigenvalue weighted by molar-refractivity contribution is 5.85. The Morgan fingerprint density at radius 1 is 1.17 bits per heavy atom. The number of β-amino-alcohol motifs (C(OH)–C–C–N with tert-alkyl or cyclic N) is 1. The van der Waals surface area contributed by atoms with Crippen LogP contribution in [0.2, 0.25) is 0 Å². The van der Waals surface area contributed by atoms with E-state index in [1.54, 1.807) is 0 Å². The van der Waals surface area contributed by atoms with Crippen molar-refractivity contribution in [1.29, 1.82) is 0 Å². The Balaban J connectivity index is 0.00000192. The molecule has 2 aromatic rings. The van der Waals surface area contributed by atoms with Crippen molar-refractivity contribution in [1.82, 2.24) is 0 Å². The summed E-state index contributed by atoms with van der Waals surface area (Å²) in [5.74, 6) is 0.862. The molecule has 0 spiro atoms. The molecule has 0 saturated carbocycles. The number of ether oxygens (including phenoxy) is 1. The van der Waals surface area contributed by atoms with Gasteiger partial charge in [-0.15, -0.1) is 12.4 Å². The summed E-state index contributed by atoms with van der Waals surface area (Å²) in [6.45, 7) is 5.98. The number of aliphatic hydroxyl groups excluding tert-OH is 1. The number of anilines is 1. The van der Waals surface area contributed by atoms with Crippen LogP contribution in [0.15, 0.2) is 42.5 Å². The fourth-order valence-electron chi connectivity index (χ4n) is 2.95. The molecule has 0 amide bonds. The highest BCUT2D eigenvalue weighted by Crippen LogP contribution is 2.27. The summed E-state index contributed by atoms with van der Waals surface area (Å²) >= 11 is 0. The Kier molecular flexibility index (Phi) is 5.91. The third kappa shape index (κ3) is 4.18. The van der Waals surface area contributed by atoms with Gasteiger partial charge in [-0.1, -0.05) is 30.3 Å². The molecule has 3 rings (SSSR count). The molecule has 4 heteroatoms. The van der Waals surface area contributed by atoms with Gasteiger partial charge in [-0.25, -0.2) is 0 Å². The number of aliphatic hydroxyl groups is 1. The third-order valence-electron chi connectivity index (χ3n) is 4.19. The Hall–Kier alpha value is -1.71. The molecule has 1 aliphatic heterocycles. The van der Waals surface area contributed by atoms with Gasteiger partial charge in [0.1, 0.15) is 18.5 Å². The van der Waals surface area contributed by atoms with Gasteiger partial charge >= 0.3 is 0 Å². The van der Waals surface area contributed by atoms with Crippen molar-refractivity contribution in [3.05, 3.63) is 59.2 Å². The number of benzene rings is 2. The van der Waals surface area contributed by atoms with Gasteiger partial charge in [0.05, 0.1) is 0 Å². The van der Waals surface area contributed by atoms with Crippen LogP contribution in [-0.4, -0.2) is 30.9 Å². The largest absolute Gasteiger partial charge is 0.491 e. The molecule has 1 heterocycles. The normalized spacial score (nSPS) is 14.1. The molecule has 2 aromatic carbocycles. The smallest absolute Gasteiger partial charge is 0.122 e. The number of para-hydroxylation sites is 1. The van der Waals surface area contributed by atoms with Gasteiger partial charge in [0.25, 0.3) is 0 Å². The van der Waals surface area contributed by atoms with Gasteiger partial charge in [0.2, 0.25) is 0 Å². The van der Waals surface area contributed by atoms with Crippen LogP contribution in [0.4, 0.5) is 5.69 Å². The average Bonchev–Trinajstić information content (AvgIpc) is 2.91. The zero-order valence-corrected chi connectivity index (χ0v) is 14.5. The van der Waals surface area contributed by atoms with E-state index in [0.717, 1.165) is 24.3 Å². The molecule has 0 radical (unpaired) electrons. The van der Waals surface area contributed by atoms with Crippen molar-refractivity contribution in [2.24, 2.45) is 0 Å². The minimum absolute atomic E-state index is 0. The van der Waals surface area contributed by atoms with Gasteiger partial charge in [-0.05, 0) is 49.1 Å². The first-order valence-electron chi connectivity index (χ1n) is 7.84. The van der Waals surface area contributed by atoms with Crippen LogP contribution < -0.4 is 9.64 Å². The van der Waals surface area contributed by atoms with Gasteiger partial charge in [-0.2, -0.15) is 0 Å². The molecule has 1 atom stereocenters. The lowest BCUT2D eigenvalue weighted by Crippen LogP contribution is -2.34. The molecule has 0 fully saturated rings. The van der Waals surface area contributed by atoms with E-state index in [2.05, 4.69) is 35.2 Å². The van der Waals surface area contributed by atoms with Crippen LogP contribution >= 0.6 is 12.4 Å². The van der Waals surface area contributed by atoms with Crippen molar-refractivity contribution in [2.75, 3.05) is 24.6 Å². The SMILES string of the molecule is Cc1ccc(C)c(OCC(O)CN2CCc3ccccc32)c1.Cl. The summed E-state index contributed by atoms with van der Waals surface area (Å²) in [5, 5.41) is 10.3. The predicted molar refractivity (Wildman–Crippen MR) is 97.0 cm³/mol. The summed E-state index contributed by atoms with van der Waals surface area (Å²) in [6, 6.07) is 14.5. The van der Waals surface area contributed by atoms with Crippen molar-refractivity contribution >= 4 is 18.1 Å². The highest BCUT2D eigenvalue weighted by Gasteiger charge is 2.21. The second-order valence-electron chi connectivity index (χ2n) is 6.06. The topological polar surface area (TPSA) is 32.7 Å². The van der Waals surface area contributed by atoms with E-state index in [1.807, 2.05) is 26.0 Å². The van der Waals surface area contributed by atoms with Gasteiger partial charge in [-0.3, -0.25) is 0 Å². The molecule has 3 nitrogen and oxygen atoms in total. The Labute approximate surface area is 144 Å². The number of rotatable bonds is 5. The standard InChI is InChI=1S/C19H23NO2.ClH/c1-14-7-8-15(2)19(11-14)22-13-17(21)12-20-10-9-16-5-3-4-6-18(16)20;/h3-8,11,17,21H,9-10,12-13H2,1-2H3;1H. The third-order valence-corrected chi connectivity index (χ3v) is 4.19. The molecule has 1 unspecified atom stereocenters. The molecule has 1 aliphatic rings. The number of halogens is 1. The van der Waals surface area contributed by atoms with Crippen molar-refractivity contribution in [2.45, 2.75) is 26.4 Å². The Bertz CT molecular complexity index is 660. The Morgan fingerprint density at radius 3 is 2.78 bits per heavy atom. The maximum atomic E-state index is 10.3. The molecular formula is C19H24ClNO2. The zero-order valence-electron chi connectivity index (χ0n) is 13.7. The molecule has 0 aliphatic carbocycles. The molecule has 23 heavy (non-hydrogen) atoms. The van der Waals surface area contributed by atoms with Crippen molar-refractivity contribution < 1.29 is 9.84 Å². The van der Waals surface area contributed by atoms with Crippen LogP contribution in [0.5, 0.6) is 5.75 Å². The summed E-state index contributed by atoms with van der Waals surface area (Å²) in [7, 11) is 0. The number of hydrogen-bond acceptors (Lipinski definition) is 3. The second-order valence-corrected chi connectivity index (χ2v) is 6.06. The number of nitrogens with zero attached hydrogens (tertiary/aromatic N) is 1. The van der Waals surface area contributed by atoms with Gasteiger partial charge < -0.3 is 14.7 Å². The van der Waals surface area contributed by atoms with Crippen LogP contribution in [0.3, 0.4) is 0 Å². The van der Waals surface area contributed by atoms with Crippen molar-refractivity contribution in [3.8, 4) is 5.75 Å². The molecule has 0 bridgehead atoms. The maximum absolute atomic E-state index is 10.3. The lowest BCUT2D eigenvalue weighted by molar-refractivity contribution is 0.112. The molecule has 124 valence electrons. The fourth-order valence-corrected chi connectivity index (χ4v) is 2.95. The number of hydrogen-bond donors (Lipinski definition) is 1. The summed E-state index contributed by atoms with van der Waals surface area (Å²) in [6.07, 6.45) is 0.562. The van der Waals surface area contributed by atoms with E-state index in [9.17, 15) is 5.11 Å². The summed E-state index contributed by atoms with van der Waals surface area (Å²) < 4.78 is 5.80. The lowest BCUT2D eigenvalue weighted by Gasteiger charge is -2.23. The lowest BCUT2D eigenvalue weighted by atomic mass is 10.1. The molecular weight excluding hydrogens is 310 g/mol. The maximum Gasteiger partial charge on any atom is 0.122 e. The average molecular weight is 334 g/mol. The predicted octanol–water partition coefficient (Wildman–Crippen LogP) is 3.53. The minimum atomic E-state index is -0.494. The van der Waals surface area contributed by atoms with Crippen LogP contribution in [-0.2, 0) is 6.42 Å². The monoisotopic (exact) mass is 333 g/mol. The van der Waals surface area contributed by atoms with E-state index in [4.69, 9.17) is 4.74 Å². The quantitative estimate of drug-likeness (QED) is 0.908. The number of aryl methyl sites for hydroxylation is 2. The summed E-state index contributed by atoms with van der Waals surface area (Å²) in [5.41, 5.74) is 4.88. The van der Waals surface area contributed by atoms with Crippen molar-refractivity contribution in [3.63, 3.8) is 0 Å². The molecule has 0 aromatic heterocycles. The van der Waals surface area contributed by atoms with Gasteiger partial charge in [0.15, 0.2) is 0 Å². The van der Waals surface area contributed by atoms with Crippen LogP contribution in [0.25, 0.3) is 0 Å². The van der Waals surface area contributed by atoms with E-state index in [-0.39, 0.29) is 12.4 Å². The number of fused-ring (bicyclic) bond motifs is 1. The minimum Gasteiger partial charge on any atom is -0.491 e. The van der Waals surface area contributed by atoms with Gasteiger partial charge in [0, 0.05) is 18.8 Å². The van der Waals surface area contributed by atoms with E-state index in [0.29, 0.717) is 13.2 Å². The van der Waals surface area contributed by atoms with E-state index >= 15 is 0 Å². The second kappa shape index (κ2) is 7.71. The first-order valence-corrected chi connectivity index (χ1v) is 7.84. The Morgan fingerprint density at radius 2 is 1.96 bits per heavy atom. The molecule has 1 N–H and O–H groups in total. The zero-order chi connectivity index (χ0) is 15.5. The first kappa shape index (κ1) is 17.6. The van der Waals surface area contributed by atoms with E-state index in [1.165, 1.54) is 16.8 Å². The van der Waals surface area contributed by atoms with Crippen LogP contribution in [0.1, 0.15) is 16.7 Å². The molecule has 0 saturated heterocycles. The highest BCUT2D eigenvalue weighted by atomic mass is 35.5. The van der Waals surface area contributed by atoms with Crippen LogP contribution in [0, 0.1) is 13.8 Å². The fraction of sp³-hybridized carbons (Fsp3) is 0.368. The first-order chi connectivity index (χ1) is 10.6. The van der Waals surface area contributed by atoms with E-state index < -0.39 is 6.10 Å².